The lowest BCUT2D eigenvalue weighted by Crippen LogP contribution is -2.26. The molecule has 3 N–H and O–H groups in total. The van der Waals surface area contributed by atoms with E-state index in [9.17, 15) is 9.90 Å². The number of aliphatic carboxylic acids is 1. The molecule has 8 heteroatoms. The predicted molar refractivity (Wildman–Crippen MR) is 139 cm³/mol. The van der Waals surface area contributed by atoms with Gasteiger partial charge in [0.25, 0.3) is 0 Å². The Balaban J connectivity index is 1.27. The van der Waals surface area contributed by atoms with Crippen LogP contribution in [0.5, 0.6) is 0 Å². The second-order valence-electron chi connectivity index (χ2n) is 9.42. The summed E-state index contributed by atoms with van der Waals surface area (Å²) in [6, 6.07) is 15.2. The Morgan fingerprint density at radius 3 is 2.58 bits per heavy atom. The van der Waals surface area contributed by atoms with Crippen molar-refractivity contribution in [3.05, 3.63) is 77.6 Å². The van der Waals surface area contributed by atoms with E-state index >= 15 is 0 Å². The van der Waals surface area contributed by atoms with Gasteiger partial charge in [0, 0.05) is 48.4 Å². The fourth-order valence-corrected chi connectivity index (χ4v) is 5.41. The predicted octanol–water partition coefficient (Wildman–Crippen LogP) is 3.88. The minimum absolute atomic E-state index is 0.200. The van der Waals surface area contributed by atoms with Crippen molar-refractivity contribution < 1.29 is 9.90 Å². The quantitative estimate of drug-likeness (QED) is 0.288. The van der Waals surface area contributed by atoms with E-state index in [1.165, 1.54) is 0 Å². The number of fused-ring (bicyclic) bond motifs is 2. The van der Waals surface area contributed by atoms with Gasteiger partial charge in [0.05, 0.1) is 34.7 Å². The van der Waals surface area contributed by atoms with E-state index in [2.05, 4.69) is 26.2 Å². The average Bonchev–Trinajstić information content (AvgIpc) is 3.18. The number of para-hydroxylation sites is 1. The van der Waals surface area contributed by atoms with Gasteiger partial charge in [-0.15, -0.1) is 6.42 Å². The Kier molecular flexibility index (Phi) is 5.00. The van der Waals surface area contributed by atoms with Crippen LogP contribution in [0, 0.1) is 35.5 Å². The fourth-order valence-electron chi connectivity index (χ4n) is 5.41. The van der Waals surface area contributed by atoms with E-state index < -0.39 is 5.97 Å². The van der Waals surface area contributed by atoms with Gasteiger partial charge in [0.2, 0.25) is 0 Å². The van der Waals surface area contributed by atoms with Crippen molar-refractivity contribution in [3.8, 4) is 12.3 Å². The van der Waals surface area contributed by atoms with Gasteiger partial charge in [-0.3, -0.25) is 14.9 Å². The molecule has 8 nitrogen and oxygen atoms in total. The van der Waals surface area contributed by atoms with E-state index in [-0.39, 0.29) is 17.8 Å². The molecule has 2 unspecified atom stereocenters. The van der Waals surface area contributed by atoms with Gasteiger partial charge < -0.3 is 15.3 Å². The van der Waals surface area contributed by atoms with Crippen LogP contribution >= 0.6 is 0 Å². The van der Waals surface area contributed by atoms with Crippen LogP contribution in [0.25, 0.3) is 10.9 Å². The second-order valence-corrected chi connectivity index (χ2v) is 9.42. The summed E-state index contributed by atoms with van der Waals surface area (Å²) in [5.74, 6) is 3.12. The summed E-state index contributed by atoms with van der Waals surface area (Å²) < 4.78 is 1.75. The molecule has 36 heavy (non-hydrogen) atoms. The normalized spacial score (nSPS) is 20.1. The number of benzene rings is 2. The third-order valence-corrected chi connectivity index (χ3v) is 7.24. The number of hydrogen-bond donors (Lipinski definition) is 3. The zero-order chi connectivity index (χ0) is 25.0. The third kappa shape index (κ3) is 3.57. The van der Waals surface area contributed by atoms with Gasteiger partial charge in [-0.1, -0.05) is 30.2 Å². The average molecular weight is 477 g/mol. The van der Waals surface area contributed by atoms with E-state index in [1.807, 2.05) is 61.8 Å². The van der Waals surface area contributed by atoms with Crippen molar-refractivity contribution in [3.63, 3.8) is 0 Å². The molecule has 1 aliphatic heterocycles. The van der Waals surface area contributed by atoms with Crippen LogP contribution in [0.4, 0.5) is 17.2 Å². The standard InChI is InChI=1S/C28H24N6O2/c1-3-16-6-4-8-19(26(29)18-7-5-9-23-20(18)13-33(2)32-23)27(16)31-17-10-11-24(30-12-17)34-14-21-22(15-34)25(21)28(35)36/h1,4-13,21-22,25,29,31H,14-15H2,2H3,(H,35,36). The molecule has 2 aliphatic rings. The highest BCUT2D eigenvalue weighted by atomic mass is 16.4. The minimum Gasteiger partial charge on any atom is -0.481 e. The molecule has 4 aromatic rings. The van der Waals surface area contributed by atoms with Crippen LogP contribution in [0.1, 0.15) is 16.7 Å². The molecule has 1 aliphatic carbocycles. The molecule has 3 heterocycles. The van der Waals surface area contributed by atoms with Crippen LogP contribution in [0.3, 0.4) is 0 Å². The number of carboxylic acids is 1. The molecule has 2 aromatic carbocycles. The number of anilines is 3. The third-order valence-electron chi connectivity index (χ3n) is 7.24. The highest BCUT2D eigenvalue weighted by Crippen LogP contribution is 2.52. The molecule has 0 spiro atoms. The van der Waals surface area contributed by atoms with Crippen LogP contribution in [-0.2, 0) is 11.8 Å². The number of terminal acetylenes is 1. The zero-order valence-electron chi connectivity index (χ0n) is 19.6. The van der Waals surface area contributed by atoms with Crippen molar-refractivity contribution in [2.45, 2.75) is 0 Å². The van der Waals surface area contributed by atoms with Crippen LogP contribution in [-0.4, -0.2) is 44.6 Å². The molecule has 2 aromatic heterocycles. The van der Waals surface area contributed by atoms with Gasteiger partial charge in [-0.25, -0.2) is 4.98 Å². The number of carboxylic acid groups (broad SMARTS) is 1. The number of piperidine rings is 1. The monoisotopic (exact) mass is 476 g/mol. The van der Waals surface area contributed by atoms with Crippen molar-refractivity contribution >= 4 is 39.8 Å². The van der Waals surface area contributed by atoms with Crippen LogP contribution in [0.15, 0.2) is 60.9 Å². The Bertz CT molecular complexity index is 1550. The molecular weight excluding hydrogens is 452 g/mol. The van der Waals surface area contributed by atoms with E-state index in [4.69, 9.17) is 11.8 Å². The molecule has 0 amide bonds. The Morgan fingerprint density at radius 2 is 1.89 bits per heavy atom. The van der Waals surface area contributed by atoms with E-state index in [1.54, 1.807) is 10.9 Å². The van der Waals surface area contributed by atoms with Gasteiger partial charge in [0.15, 0.2) is 0 Å². The molecule has 0 radical (unpaired) electrons. The zero-order valence-corrected chi connectivity index (χ0v) is 19.6. The second kappa shape index (κ2) is 8.24. The molecule has 2 fully saturated rings. The summed E-state index contributed by atoms with van der Waals surface area (Å²) in [4.78, 5) is 18.0. The number of aryl methyl sites for hydroxylation is 1. The van der Waals surface area contributed by atoms with Gasteiger partial charge in [-0.2, -0.15) is 5.10 Å². The van der Waals surface area contributed by atoms with Gasteiger partial charge in [0.1, 0.15) is 5.82 Å². The van der Waals surface area contributed by atoms with Gasteiger partial charge in [-0.05, 0) is 36.1 Å². The molecule has 2 atom stereocenters. The number of carbonyl (C=O) groups is 1. The lowest BCUT2D eigenvalue weighted by Gasteiger charge is -2.21. The number of aromatic nitrogens is 3. The van der Waals surface area contributed by atoms with Crippen molar-refractivity contribution in [1.29, 1.82) is 5.41 Å². The highest BCUT2D eigenvalue weighted by Gasteiger charge is 2.59. The first-order valence-electron chi connectivity index (χ1n) is 11.8. The molecule has 1 saturated heterocycles. The Hall–Kier alpha value is -4.64. The maximum Gasteiger partial charge on any atom is 0.307 e. The maximum absolute atomic E-state index is 11.2. The number of rotatable bonds is 6. The lowest BCUT2D eigenvalue weighted by atomic mass is 9.96. The van der Waals surface area contributed by atoms with Gasteiger partial charge >= 0.3 is 5.97 Å². The fraction of sp³-hybridized carbons (Fsp3) is 0.214. The summed E-state index contributed by atoms with van der Waals surface area (Å²) in [7, 11) is 1.87. The first-order chi connectivity index (χ1) is 17.4. The summed E-state index contributed by atoms with van der Waals surface area (Å²) in [5, 5.41) is 27.1. The number of hydrogen-bond acceptors (Lipinski definition) is 6. The Labute approximate surface area is 208 Å². The van der Waals surface area contributed by atoms with Crippen LogP contribution < -0.4 is 10.2 Å². The first-order valence-corrected chi connectivity index (χ1v) is 11.8. The summed E-state index contributed by atoms with van der Waals surface area (Å²) in [5.41, 5.74) is 4.72. The van der Waals surface area contributed by atoms with Crippen molar-refractivity contribution in [1.82, 2.24) is 14.8 Å². The molecule has 178 valence electrons. The Morgan fingerprint density at radius 1 is 1.14 bits per heavy atom. The molecule has 0 bridgehead atoms. The maximum atomic E-state index is 11.2. The largest absolute Gasteiger partial charge is 0.481 e. The van der Waals surface area contributed by atoms with Crippen molar-refractivity contribution in [2.75, 3.05) is 23.3 Å². The molecular formula is C28H24N6O2. The van der Waals surface area contributed by atoms with Crippen molar-refractivity contribution in [2.24, 2.45) is 24.8 Å². The molecule has 1 saturated carbocycles. The summed E-state index contributed by atoms with van der Waals surface area (Å²) >= 11 is 0. The molecule has 6 rings (SSSR count). The van der Waals surface area contributed by atoms with Crippen LogP contribution in [0.2, 0.25) is 0 Å². The first kappa shape index (κ1) is 21.9. The number of pyridine rings is 1. The lowest BCUT2D eigenvalue weighted by molar-refractivity contribution is -0.139. The highest BCUT2D eigenvalue weighted by molar-refractivity contribution is 6.20. The number of nitrogens with zero attached hydrogens (tertiary/aromatic N) is 4. The summed E-state index contributed by atoms with van der Waals surface area (Å²) in [6.07, 6.45) is 9.49. The smallest absolute Gasteiger partial charge is 0.307 e. The summed E-state index contributed by atoms with van der Waals surface area (Å²) in [6.45, 7) is 1.45. The SMILES string of the molecule is C#Cc1cccc(C(=N)c2cccc3nn(C)cc23)c1Nc1ccc(N2CC3C(C2)C3C(=O)O)nc1. The van der Waals surface area contributed by atoms with E-state index in [0.29, 0.717) is 22.5 Å². The minimum atomic E-state index is -0.689. The number of nitrogens with one attached hydrogen (secondary N) is 2. The van der Waals surface area contributed by atoms with E-state index in [0.717, 1.165) is 41.1 Å². The topological polar surface area (TPSA) is 107 Å².